The van der Waals surface area contributed by atoms with Gasteiger partial charge in [0.1, 0.15) is 0 Å². The van der Waals surface area contributed by atoms with Crippen LogP contribution >= 0.6 is 0 Å². The quantitative estimate of drug-likeness (QED) is 0.916. The van der Waals surface area contributed by atoms with E-state index in [-0.39, 0.29) is 11.7 Å². The first kappa shape index (κ1) is 17.0. The Morgan fingerprint density at radius 1 is 1.12 bits per heavy atom. The van der Waals surface area contributed by atoms with E-state index >= 15 is 0 Å². The molecule has 1 amide bonds. The molecule has 1 saturated heterocycles. The fourth-order valence-corrected chi connectivity index (χ4v) is 4.38. The maximum absolute atomic E-state index is 12.4. The largest absolute Gasteiger partial charge is 0.322 e. The molecule has 0 saturated carbocycles. The predicted molar refractivity (Wildman–Crippen MR) is 95.9 cm³/mol. The summed E-state index contributed by atoms with van der Waals surface area (Å²) in [6, 6.07) is 15.2. The maximum atomic E-state index is 12.4. The van der Waals surface area contributed by atoms with Gasteiger partial charge in [-0.2, -0.15) is 5.26 Å². The Morgan fingerprint density at radius 3 is 2.68 bits per heavy atom. The average Bonchev–Trinajstić information content (AvgIpc) is 2.61. The highest BCUT2D eigenvalue weighted by Crippen LogP contribution is 2.24. The van der Waals surface area contributed by atoms with Crippen molar-refractivity contribution in [3.63, 3.8) is 0 Å². The topological polar surface area (TPSA) is 90.3 Å². The van der Waals surface area contributed by atoms with E-state index in [4.69, 9.17) is 5.26 Å². The van der Waals surface area contributed by atoms with Crippen LogP contribution in [0.4, 0.5) is 11.4 Å². The van der Waals surface area contributed by atoms with Gasteiger partial charge in [0.25, 0.3) is 5.91 Å². The molecule has 0 radical (unpaired) electrons. The van der Waals surface area contributed by atoms with Crippen LogP contribution in [0, 0.1) is 11.3 Å². The van der Waals surface area contributed by atoms with Gasteiger partial charge in [0.15, 0.2) is 0 Å². The number of anilines is 2. The van der Waals surface area contributed by atoms with Gasteiger partial charge in [-0.25, -0.2) is 8.42 Å². The smallest absolute Gasteiger partial charge is 0.255 e. The summed E-state index contributed by atoms with van der Waals surface area (Å²) >= 11 is 0. The van der Waals surface area contributed by atoms with Crippen molar-refractivity contribution in [1.29, 1.82) is 5.26 Å². The zero-order valence-corrected chi connectivity index (χ0v) is 14.3. The fraction of sp³-hybridized carbons (Fsp3) is 0.222. The Labute approximate surface area is 146 Å². The molecule has 3 rings (SSSR count). The van der Waals surface area contributed by atoms with E-state index in [0.29, 0.717) is 35.5 Å². The van der Waals surface area contributed by atoms with Crippen molar-refractivity contribution in [3.05, 3.63) is 59.7 Å². The van der Waals surface area contributed by atoms with Crippen LogP contribution in [0.5, 0.6) is 0 Å². The van der Waals surface area contributed by atoms with Crippen LogP contribution in [0.1, 0.15) is 28.8 Å². The third-order valence-electron chi connectivity index (χ3n) is 4.00. The van der Waals surface area contributed by atoms with Crippen molar-refractivity contribution < 1.29 is 13.2 Å². The van der Waals surface area contributed by atoms with Crippen LogP contribution in [0.15, 0.2) is 48.5 Å². The SMILES string of the molecule is N#Cc1cccc(NC(=O)c2cccc(N3CCCCS3(=O)=O)c2)c1. The van der Waals surface area contributed by atoms with Crippen LogP contribution in [0.25, 0.3) is 0 Å². The minimum Gasteiger partial charge on any atom is -0.322 e. The number of hydrogen-bond acceptors (Lipinski definition) is 4. The monoisotopic (exact) mass is 355 g/mol. The van der Waals surface area contributed by atoms with E-state index in [1.807, 2.05) is 6.07 Å². The molecule has 2 aromatic rings. The molecule has 0 bridgehead atoms. The number of carbonyl (C=O) groups is 1. The molecule has 1 N–H and O–H groups in total. The summed E-state index contributed by atoms with van der Waals surface area (Å²) in [5.74, 6) is -0.226. The molecule has 0 aliphatic carbocycles. The number of nitrogens with one attached hydrogen (secondary N) is 1. The number of benzene rings is 2. The third-order valence-corrected chi connectivity index (χ3v) is 5.86. The van der Waals surface area contributed by atoms with Gasteiger partial charge in [-0.05, 0) is 49.2 Å². The average molecular weight is 355 g/mol. The second-order valence-corrected chi connectivity index (χ2v) is 7.81. The maximum Gasteiger partial charge on any atom is 0.255 e. The lowest BCUT2D eigenvalue weighted by Crippen LogP contribution is -2.37. The van der Waals surface area contributed by atoms with Gasteiger partial charge in [-0.15, -0.1) is 0 Å². The normalized spacial score (nSPS) is 16.0. The molecule has 128 valence electrons. The summed E-state index contributed by atoms with van der Waals surface area (Å²) in [5, 5.41) is 11.6. The van der Waals surface area contributed by atoms with Crippen LogP contribution in [0.3, 0.4) is 0 Å². The number of rotatable bonds is 3. The summed E-state index contributed by atoms with van der Waals surface area (Å²) < 4.78 is 25.8. The van der Waals surface area contributed by atoms with E-state index in [1.165, 1.54) is 4.31 Å². The van der Waals surface area contributed by atoms with Crippen LogP contribution in [-0.2, 0) is 10.0 Å². The molecule has 1 fully saturated rings. The summed E-state index contributed by atoms with van der Waals surface area (Å²) in [5.41, 5.74) is 1.82. The molecule has 2 aromatic carbocycles. The van der Waals surface area contributed by atoms with E-state index in [9.17, 15) is 13.2 Å². The lowest BCUT2D eigenvalue weighted by Gasteiger charge is -2.28. The molecule has 1 heterocycles. The van der Waals surface area contributed by atoms with Crippen molar-refractivity contribution >= 4 is 27.3 Å². The fourth-order valence-electron chi connectivity index (χ4n) is 2.75. The Kier molecular flexibility index (Phi) is 4.72. The van der Waals surface area contributed by atoms with Crippen LogP contribution in [0.2, 0.25) is 0 Å². The second-order valence-electron chi connectivity index (χ2n) is 5.79. The van der Waals surface area contributed by atoms with Crippen LogP contribution < -0.4 is 9.62 Å². The highest BCUT2D eigenvalue weighted by molar-refractivity contribution is 7.92. The third kappa shape index (κ3) is 3.80. The molecule has 1 aliphatic heterocycles. The van der Waals surface area contributed by atoms with Crippen LogP contribution in [-0.4, -0.2) is 26.6 Å². The Bertz CT molecular complexity index is 948. The number of amides is 1. The van der Waals surface area contributed by atoms with Crippen molar-refractivity contribution in [2.75, 3.05) is 21.9 Å². The lowest BCUT2D eigenvalue weighted by molar-refractivity contribution is 0.102. The Hall–Kier alpha value is -2.85. The van der Waals surface area contributed by atoms with Gasteiger partial charge in [0, 0.05) is 17.8 Å². The Morgan fingerprint density at radius 2 is 1.92 bits per heavy atom. The summed E-state index contributed by atoms with van der Waals surface area (Å²) in [6.45, 7) is 0.428. The first-order valence-corrected chi connectivity index (χ1v) is 9.52. The zero-order valence-electron chi connectivity index (χ0n) is 13.5. The zero-order chi connectivity index (χ0) is 17.9. The van der Waals surface area contributed by atoms with Gasteiger partial charge >= 0.3 is 0 Å². The standard InChI is InChI=1S/C18H17N3O3S/c19-13-14-5-3-7-16(11-14)20-18(22)15-6-4-8-17(12-15)21-9-1-2-10-25(21,23)24/h3-8,11-12H,1-2,9-10H2,(H,20,22). The van der Waals surface area contributed by atoms with E-state index in [0.717, 1.165) is 6.42 Å². The van der Waals surface area contributed by atoms with Crippen molar-refractivity contribution in [3.8, 4) is 6.07 Å². The van der Waals surface area contributed by atoms with Gasteiger partial charge in [-0.1, -0.05) is 12.1 Å². The number of nitrogens with zero attached hydrogens (tertiary/aromatic N) is 2. The van der Waals surface area contributed by atoms with Gasteiger partial charge in [-0.3, -0.25) is 9.10 Å². The second kappa shape index (κ2) is 6.95. The first-order valence-electron chi connectivity index (χ1n) is 7.91. The van der Waals surface area contributed by atoms with Crippen molar-refractivity contribution in [2.24, 2.45) is 0 Å². The molecular weight excluding hydrogens is 338 g/mol. The number of hydrogen-bond donors (Lipinski definition) is 1. The minimum atomic E-state index is -3.32. The molecule has 0 aromatic heterocycles. The molecule has 6 nitrogen and oxygen atoms in total. The van der Waals surface area contributed by atoms with Crippen molar-refractivity contribution in [2.45, 2.75) is 12.8 Å². The molecule has 1 aliphatic rings. The number of nitriles is 1. The molecule has 0 spiro atoms. The van der Waals surface area contributed by atoms with Gasteiger partial charge in [0.05, 0.1) is 23.1 Å². The van der Waals surface area contributed by atoms with E-state index < -0.39 is 10.0 Å². The molecule has 7 heteroatoms. The summed E-state index contributed by atoms with van der Waals surface area (Å²) in [7, 11) is -3.32. The number of carbonyl (C=O) groups excluding carboxylic acids is 1. The van der Waals surface area contributed by atoms with Gasteiger partial charge < -0.3 is 5.32 Å². The van der Waals surface area contributed by atoms with E-state index in [2.05, 4.69) is 5.32 Å². The minimum absolute atomic E-state index is 0.129. The molecule has 0 atom stereocenters. The predicted octanol–water partition coefficient (Wildman–Crippen LogP) is 2.74. The lowest BCUT2D eigenvalue weighted by atomic mass is 10.1. The molecule has 25 heavy (non-hydrogen) atoms. The molecule has 0 unspecified atom stereocenters. The summed E-state index contributed by atoms with van der Waals surface area (Å²) in [6.07, 6.45) is 1.46. The highest BCUT2D eigenvalue weighted by Gasteiger charge is 2.26. The van der Waals surface area contributed by atoms with E-state index in [1.54, 1.807) is 48.5 Å². The first-order chi connectivity index (χ1) is 12.0. The molecular formula is C18H17N3O3S. The highest BCUT2D eigenvalue weighted by atomic mass is 32.2. The summed E-state index contributed by atoms with van der Waals surface area (Å²) in [4.78, 5) is 12.4. The Balaban J connectivity index is 1.83. The number of sulfonamides is 1. The van der Waals surface area contributed by atoms with Gasteiger partial charge in [0.2, 0.25) is 10.0 Å². The van der Waals surface area contributed by atoms with Crippen molar-refractivity contribution in [1.82, 2.24) is 0 Å².